The molecule has 0 saturated carbocycles. The van der Waals surface area contributed by atoms with Gasteiger partial charge in [0, 0.05) is 12.6 Å². The second kappa shape index (κ2) is 5.10. The van der Waals surface area contributed by atoms with E-state index in [0.29, 0.717) is 6.04 Å². The van der Waals surface area contributed by atoms with Gasteiger partial charge in [0.1, 0.15) is 0 Å². The van der Waals surface area contributed by atoms with E-state index in [0.717, 1.165) is 6.54 Å². The normalized spacial score (nSPS) is 30.2. The molecule has 1 atom stereocenters. The van der Waals surface area contributed by atoms with Crippen molar-refractivity contribution in [2.75, 3.05) is 39.3 Å². The van der Waals surface area contributed by atoms with Gasteiger partial charge in [0.2, 0.25) is 0 Å². The Kier molecular flexibility index (Phi) is 3.79. The molecule has 3 heteroatoms. The van der Waals surface area contributed by atoms with Crippen molar-refractivity contribution in [3.8, 4) is 0 Å². The molecule has 0 unspecified atom stereocenters. The van der Waals surface area contributed by atoms with E-state index in [1.807, 2.05) is 0 Å². The van der Waals surface area contributed by atoms with Gasteiger partial charge < -0.3 is 15.5 Å². The molecule has 2 N–H and O–H groups in total. The third-order valence-corrected chi connectivity index (χ3v) is 3.46. The van der Waals surface area contributed by atoms with Gasteiger partial charge in [-0.15, -0.1) is 0 Å². The lowest BCUT2D eigenvalue weighted by Gasteiger charge is -2.18. The standard InChI is InChI=1S/C11H23N3/c12-11-4-9-14(10-11)8-3-7-13-5-1-2-6-13/h11H,1-10,12H2/t11-/m1/s1. The summed E-state index contributed by atoms with van der Waals surface area (Å²) in [5.74, 6) is 0. The Labute approximate surface area is 87.2 Å². The van der Waals surface area contributed by atoms with E-state index in [4.69, 9.17) is 5.73 Å². The predicted octanol–water partition coefficient (Wildman–Crippen LogP) is 0.505. The molecule has 2 heterocycles. The van der Waals surface area contributed by atoms with E-state index in [1.165, 1.54) is 58.4 Å². The zero-order valence-corrected chi connectivity index (χ0v) is 9.12. The number of rotatable bonds is 4. The summed E-state index contributed by atoms with van der Waals surface area (Å²) < 4.78 is 0. The summed E-state index contributed by atoms with van der Waals surface area (Å²) in [5, 5.41) is 0. The molecule has 0 aromatic rings. The molecule has 0 aliphatic carbocycles. The maximum atomic E-state index is 5.87. The highest BCUT2D eigenvalue weighted by atomic mass is 15.2. The van der Waals surface area contributed by atoms with E-state index >= 15 is 0 Å². The van der Waals surface area contributed by atoms with Crippen LogP contribution in [0.4, 0.5) is 0 Å². The highest BCUT2D eigenvalue weighted by molar-refractivity contribution is 4.78. The first-order valence-corrected chi connectivity index (χ1v) is 6.05. The minimum atomic E-state index is 0.446. The second-order valence-electron chi connectivity index (χ2n) is 4.75. The first kappa shape index (κ1) is 10.4. The van der Waals surface area contributed by atoms with Crippen molar-refractivity contribution in [2.45, 2.75) is 31.7 Å². The van der Waals surface area contributed by atoms with Crippen molar-refractivity contribution >= 4 is 0 Å². The Morgan fingerprint density at radius 3 is 2.36 bits per heavy atom. The average Bonchev–Trinajstić information content (AvgIpc) is 2.77. The van der Waals surface area contributed by atoms with Crippen LogP contribution in [0.15, 0.2) is 0 Å². The van der Waals surface area contributed by atoms with Gasteiger partial charge in [0.25, 0.3) is 0 Å². The lowest BCUT2D eigenvalue weighted by molar-refractivity contribution is 0.279. The van der Waals surface area contributed by atoms with E-state index in [9.17, 15) is 0 Å². The van der Waals surface area contributed by atoms with Gasteiger partial charge in [0.05, 0.1) is 0 Å². The Morgan fingerprint density at radius 1 is 1.00 bits per heavy atom. The van der Waals surface area contributed by atoms with Crippen LogP contribution in [0, 0.1) is 0 Å². The molecule has 2 aliphatic heterocycles. The number of nitrogens with zero attached hydrogens (tertiary/aromatic N) is 2. The van der Waals surface area contributed by atoms with Gasteiger partial charge in [-0.2, -0.15) is 0 Å². The van der Waals surface area contributed by atoms with Crippen LogP contribution in [0.3, 0.4) is 0 Å². The first-order valence-electron chi connectivity index (χ1n) is 6.05. The molecule has 0 radical (unpaired) electrons. The molecule has 0 aromatic carbocycles. The van der Waals surface area contributed by atoms with Crippen molar-refractivity contribution < 1.29 is 0 Å². The SMILES string of the molecule is N[C@@H]1CCN(CCCN2CCCC2)C1. The lowest BCUT2D eigenvalue weighted by atomic mass is 10.3. The predicted molar refractivity (Wildman–Crippen MR) is 59.3 cm³/mol. The quantitative estimate of drug-likeness (QED) is 0.712. The Bertz CT molecular complexity index is 166. The minimum Gasteiger partial charge on any atom is -0.326 e. The molecule has 0 spiro atoms. The summed E-state index contributed by atoms with van der Waals surface area (Å²) in [5.41, 5.74) is 5.87. The Hall–Kier alpha value is -0.120. The number of hydrogen-bond acceptors (Lipinski definition) is 3. The fourth-order valence-electron chi connectivity index (χ4n) is 2.59. The molecule has 82 valence electrons. The molecule has 3 nitrogen and oxygen atoms in total. The highest BCUT2D eigenvalue weighted by Gasteiger charge is 2.18. The smallest absolute Gasteiger partial charge is 0.0180 e. The topological polar surface area (TPSA) is 32.5 Å². The zero-order valence-electron chi connectivity index (χ0n) is 9.12. The van der Waals surface area contributed by atoms with Crippen molar-refractivity contribution in [3.63, 3.8) is 0 Å². The third kappa shape index (κ3) is 2.94. The van der Waals surface area contributed by atoms with Crippen LogP contribution in [0.1, 0.15) is 25.7 Å². The fraction of sp³-hybridized carbons (Fsp3) is 1.00. The molecular formula is C11H23N3. The summed E-state index contributed by atoms with van der Waals surface area (Å²) in [6.07, 6.45) is 5.35. The maximum absolute atomic E-state index is 5.87. The van der Waals surface area contributed by atoms with Crippen molar-refractivity contribution in [2.24, 2.45) is 5.73 Å². The Balaban J connectivity index is 1.54. The molecule has 0 bridgehead atoms. The number of likely N-dealkylation sites (tertiary alicyclic amines) is 2. The van der Waals surface area contributed by atoms with Gasteiger partial charge in [0.15, 0.2) is 0 Å². The zero-order chi connectivity index (χ0) is 9.80. The minimum absolute atomic E-state index is 0.446. The average molecular weight is 197 g/mol. The van der Waals surface area contributed by atoms with E-state index in [-0.39, 0.29) is 0 Å². The molecule has 0 amide bonds. The molecule has 2 aliphatic rings. The molecule has 2 saturated heterocycles. The first-order chi connectivity index (χ1) is 6.84. The maximum Gasteiger partial charge on any atom is 0.0180 e. The van der Waals surface area contributed by atoms with Crippen molar-refractivity contribution in [3.05, 3.63) is 0 Å². The van der Waals surface area contributed by atoms with Crippen molar-refractivity contribution in [1.82, 2.24) is 9.80 Å². The van der Waals surface area contributed by atoms with Crippen LogP contribution in [0.25, 0.3) is 0 Å². The third-order valence-electron chi connectivity index (χ3n) is 3.46. The van der Waals surface area contributed by atoms with E-state index in [1.54, 1.807) is 0 Å². The molecule has 2 fully saturated rings. The van der Waals surface area contributed by atoms with Crippen LogP contribution in [-0.4, -0.2) is 55.1 Å². The van der Waals surface area contributed by atoms with E-state index < -0.39 is 0 Å². The summed E-state index contributed by atoms with van der Waals surface area (Å²) in [4.78, 5) is 5.11. The van der Waals surface area contributed by atoms with Crippen molar-refractivity contribution in [1.29, 1.82) is 0 Å². The summed E-state index contributed by atoms with van der Waals surface area (Å²) in [6.45, 7) is 7.57. The highest BCUT2D eigenvalue weighted by Crippen LogP contribution is 2.10. The van der Waals surface area contributed by atoms with Gasteiger partial charge in [-0.3, -0.25) is 0 Å². The largest absolute Gasteiger partial charge is 0.326 e. The monoisotopic (exact) mass is 197 g/mol. The summed E-state index contributed by atoms with van der Waals surface area (Å²) in [6, 6.07) is 0.446. The molecule has 2 rings (SSSR count). The Morgan fingerprint density at radius 2 is 1.71 bits per heavy atom. The number of nitrogens with two attached hydrogens (primary N) is 1. The summed E-state index contributed by atoms with van der Waals surface area (Å²) >= 11 is 0. The lowest BCUT2D eigenvalue weighted by Crippen LogP contribution is -2.29. The summed E-state index contributed by atoms with van der Waals surface area (Å²) in [7, 11) is 0. The van der Waals surface area contributed by atoms with Crippen LogP contribution >= 0.6 is 0 Å². The van der Waals surface area contributed by atoms with Crippen LogP contribution in [-0.2, 0) is 0 Å². The van der Waals surface area contributed by atoms with E-state index in [2.05, 4.69) is 9.80 Å². The van der Waals surface area contributed by atoms with Crippen LogP contribution < -0.4 is 5.73 Å². The second-order valence-corrected chi connectivity index (χ2v) is 4.75. The fourth-order valence-corrected chi connectivity index (χ4v) is 2.59. The van der Waals surface area contributed by atoms with Gasteiger partial charge in [-0.05, 0) is 58.4 Å². The number of hydrogen-bond donors (Lipinski definition) is 1. The van der Waals surface area contributed by atoms with Gasteiger partial charge in [-0.1, -0.05) is 0 Å². The van der Waals surface area contributed by atoms with Crippen LogP contribution in [0.5, 0.6) is 0 Å². The van der Waals surface area contributed by atoms with Gasteiger partial charge in [-0.25, -0.2) is 0 Å². The van der Waals surface area contributed by atoms with Crippen LogP contribution in [0.2, 0.25) is 0 Å². The van der Waals surface area contributed by atoms with Gasteiger partial charge >= 0.3 is 0 Å². The molecule has 14 heavy (non-hydrogen) atoms. The molecular weight excluding hydrogens is 174 g/mol. The molecule has 0 aromatic heterocycles.